The van der Waals surface area contributed by atoms with Crippen LogP contribution in [0.4, 0.5) is 0 Å². The van der Waals surface area contributed by atoms with Crippen molar-refractivity contribution < 1.29 is 4.74 Å². The highest BCUT2D eigenvalue weighted by Crippen LogP contribution is 2.24. The van der Waals surface area contributed by atoms with Crippen LogP contribution in [0.15, 0.2) is 48.7 Å². The predicted molar refractivity (Wildman–Crippen MR) is 102 cm³/mol. The predicted octanol–water partition coefficient (Wildman–Crippen LogP) is 4.01. The molecule has 0 saturated heterocycles. The first kappa shape index (κ1) is 17.4. The van der Waals surface area contributed by atoms with Crippen molar-refractivity contribution in [1.29, 1.82) is 0 Å². The zero-order valence-electron chi connectivity index (χ0n) is 15.4. The van der Waals surface area contributed by atoms with Crippen LogP contribution in [0.1, 0.15) is 23.7 Å². The molecule has 4 nitrogen and oxygen atoms in total. The number of hydrogen-bond donors (Lipinski definition) is 0. The van der Waals surface area contributed by atoms with E-state index in [0.717, 1.165) is 35.1 Å². The summed E-state index contributed by atoms with van der Waals surface area (Å²) in [7, 11) is 3.82. The van der Waals surface area contributed by atoms with Gasteiger partial charge in [-0.05, 0) is 50.7 Å². The maximum Gasteiger partial charge on any atom is 0.218 e. The molecule has 0 bridgehead atoms. The lowest BCUT2D eigenvalue weighted by molar-refractivity contribution is 0.242. The van der Waals surface area contributed by atoms with Gasteiger partial charge in [0.2, 0.25) is 5.88 Å². The van der Waals surface area contributed by atoms with E-state index >= 15 is 0 Å². The number of hydrogen-bond acceptors (Lipinski definition) is 4. The summed E-state index contributed by atoms with van der Waals surface area (Å²) in [6, 6.07) is 14.9. The number of benzene rings is 1. The average Bonchev–Trinajstić information content (AvgIpc) is 2.62. The van der Waals surface area contributed by atoms with Crippen LogP contribution < -0.4 is 4.74 Å². The van der Waals surface area contributed by atoms with Crippen molar-refractivity contribution in [3.63, 3.8) is 0 Å². The summed E-state index contributed by atoms with van der Waals surface area (Å²) >= 11 is 0. The van der Waals surface area contributed by atoms with Gasteiger partial charge in [0, 0.05) is 41.8 Å². The molecule has 2 aromatic heterocycles. The van der Waals surface area contributed by atoms with Gasteiger partial charge in [-0.1, -0.05) is 18.2 Å². The summed E-state index contributed by atoms with van der Waals surface area (Å²) in [4.78, 5) is 11.4. The monoisotopic (exact) mass is 335 g/mol. The first-order valence-electron chi connectivity index (χ1n) is 8.61. The second-order valence-corrected chi connectivity index (χ2v) is 6.64. The zero-order valence-corrected chi connectivity index (χ0v) is 15.4. The number of rotatable bonds is 6. The molecule has 0 N–H and O–H groups in total. The minimum atomic E-state index is 0.369. The summed E-state index contributed by atoms with van der Waals surface area (Å²) in [6.07, 6.45) is 2.76. The molecule has 0 saturated carbocycles. The molecular weight excluding hydrogens is 310 g/mol. The SMILES string of the molecule is COc1nc2cc(C)ccc2cc1CN(C)[C@H](C)Cc1ccccn1. The molecule has 3 rings (SSSR count). The Morgan fingerprint density at radius 1 is 1.16 bits per heavy atom. The van der Waals surface area contributed by atoms with Crippen LogP contribution in [0.5, 0.6) is 5.88 Å². The van der Waals surface area contributed by atoms with Gasteiger partial charge in [0.15, 0.2) is 0 Å². The van der Waals surface area contributed by atoms with Crippen molar-refractivity contribution in [3.8, 4) is 5.88 Å². The van der Waals surface area contributed by atoms with E-state index < -0.39 is 0 Å². The zero-order chi connectivity index (χ0) is 17.8. The van der Waals surface area contributed by atoms with E-state index in [4.69, 9.17) is 4.74 Å². The van der Waals surface area contributed by atoms with E-state index in [9.17, 15) is 0 Å². The first-order valence-corrected chi connectivity index (χ1v) is 8.61. The molecule has 130 valence electrons. The lowest BCUT2D eigenvalue weighted by Gasteiger charge is -2.25. The van der Waals surface area contributed by atoms with E-state index in [-0.39, 0.29) is 0 Å². The number of methoxy groups -OCH3 is 1. The van der Waals surface area contributed by atoms with Gasteiger partial charge in [-0.3, -0.25) is 9.88 Å². The van der Waals surface area contributed by atoms with Crippen molar-refractivity contribution in [2.75, 3.05) is 14.2 Å². The third-order valence-corrected chi connectivity index (χ3v) is 4.61. The molecule has 2 heterocycles. The number of likely N-dealkylation sites (N-methyl/N-ethyl adjacent to an activating group) is 1. The molecule has 0 aliphatic rings. The standard InChI is InChI=1S/C21H25N3O/c1-15-8-9-17-13-18(21(25-4)23-20(17)11-15)14-24(3)16(2)12-19-7-5-6-10-22-19/h5-11,13,16H,12,14H2,1-4H3/t16-/m1/s1. The van der Waals surface area contributed by atoms with E-state index in [1.54, 1.807) is 7.11 Å². The Hall–Kier alpha value is -2.46. The van der Waals surface area contributed by atoms with Crippen molar-refractivity contribution in [3.05, 3.63) is 65.5 Å². The summed E-state index contributed by atoms with van der Waals surface area (Å²) in [5.74, 6) is 0.704. The molecule has 3 aromatic rings. The smallest absolute Gasteiger partial charge is 0.218 e. The van der Waals surface area contributed by atoms with Crippen molar-refractivity contribution in [2.45, 2.75) is 32.9 Å². The molecule has 0 unspecified atom stereocenters. The molecule has 0 amide bonds. The van der Waals surface area contributed by atoms with Gasteiger partial charge < -0.3 is 4.74 Å². The molecule has 0 fully saturated rings. The Bertz CT molecular complexity index is 848. The molecule has 0 aliphatic heterocycles. The summed E-state index contributed by atoms with van der Waals surface area (Å²) in [5.41, 5.74) is 4.40. The number of ether oxygens (including phenoxy) is 1. The highest BCUT2D eigenvalue weighted by molar-refractivity contribution is 5.80. The highest BCUT2D eigenvalue weighted by atomic mass is 16.5. The third-order valence-electron chi connectivity index (χ3n) is 4.61. The van der Waals surface area contributed by atoms with Gasteiger partial charge in [-0.15, -0.1) is 0 Å². The van der Waals surface area contributed by atoms with Gasteiger partial charge in [0.25, 0.3) is 0 Å². The Morgan fingerprint density at radius 3 is 2.72 bits per heavy atom. The van der Waals surface area contributed by atoms with E-state index in [1.807, 2.05) is 18.3 Å². The van der Waals surface area contributed by atoms with Gasteiger partial charge in [-0.2, -0.15) is 0 Å². The Labute approximate surface area is 149 Å². The average molecular weight is 335 g/mol. The van der Waals surface area contributed by atoms with Gasteiger partial charge in [0.05, 0.1) is 12.6 Å². The van der Waals surface area contributed by atoms with E-state index in [0.29, 0.717) is 11.9 Å². The Kier molecular flexibility index (Phi) is 5.29. The maximum absolute atomic E-state index is 5.54. The molecule has 1 atom stereocenters. The minimum absolute atomic E-state index is 0.369. The molecule has 0 spiro atoms. The normalized spacial score (nSPS) is 12.5. The highest BCUT2D eigenvalue weighted by Gasteiger charge is 2.15. The van der Waals surface area contributed by atoms with E-state index in [2.05, 4.69) is 66.1 Å². The summed E-state index contributed by atoms with van der Waals surface area (Å²) in [5, 5.41) is 1.15. The van der Waals surface area contributed by atoms with Crippen LogP contribution in [0.2, 0.25) is 0 Å². The van der Waals surface area contributed by atoms with Crippen LogP contribution in [0, 0.1) is 6.92 Å². The topological polar surface area (TPSA) is 38.2 Å². The summed E-state index contributed by atoms with van der Waals surface area (Å²) in [6.45, 7) is 5.08. The molecule has 0 radical (unpaired) electrons. The largest absolute Gasteiger partial charge is 0.481 e. The number of pyridine rings is 2. The van der Waals surface area contributed by atoms with Crippen molar-refractivity contribution in [2.24, 2.45) is 0 Å². The molecule has 1 aromatic carbocycles. The number of nitrogens with zero attached hydrogens (tertiary/aromatic N) is 3. The quantitative estimate of drug-likeness (QED) is 0.682. The second kappa shape index (κ2) is 7.62. The van der Waals surface area contributed by atoms with Gasteiger partial charge >= 0.3 is 0 Å². The Morgan fingerprint density at radius 2 is 2.00 bits per heavy atom. The van der Waals surface area contributed by atoms with Crippen LogP contribution in [-0.2, 0) is 13.0 Å². The first-order chi connectivity index (χ1) is 12.1. The fourth-order valence-electron chi connectivity index (χ4n) is 3.00. The number of fused-ring (bicyclic) bond motifs is 1. The number of aryl methyl sites for hydroxylation is 1. The van der Waals surface area contributed by atoms with Crippen LogP contribution >= 0.6 is 0 Å². The van der Waals surface area contributed by atoms with Crippen LogP contribution in [0.25, 0.3) is 10.9 Å². The molecular formula is C21H25N3O. The summed E-state index contributed by atoms with van der Waals surface area (Å²) < 4.78 is 5.54. The molecule has 25 heavy (non-hydrogen) atoms. The fraction of sp³-hybridized carbons (Fsp3) is 0.333. The lowest BCUT2D eigenvalue weighted by atomic mass is 10.1. The van der Waals surface area contributed by atoms with Gasteiger partial charge in [-0.25, -0.2) is 4.98 Å². The van der Waals surface area contributed by atoms with Crippen LogP contribution in [-0.4, -0.2) is 35.1 Å². The van der Waals surface area contributed by atoms with Crippen molar-refractivity contribution >= 4 is 10.9 Å². The lowest BCUT2D eigenvalue weighted by Crippen LogP contribution is -2.30. The van der Waals surface area contributed by atoms with Gasteiger partial charge in [0.1, 0.15) is 0 Å². The Balaban J connectivity index is 1.80. The molecule has 4 heteroatoms. The minimum Gasteiger partial charge on any atom is -0.481 e. The molecule has 0 aliphatic carbocycles. The second-order valence-electron chi connectivity index (χ2n) is 6.64. The third kappa shape index (κ3) is 4.15. The van der Waals surface area contributed by atoms with Crippen LogP contribution in [0.3, 0.4) is 0 Å². The van der Waals surface area contributed by atoms with Crippen molar-refractivity contribution in [1.82, 2.24) is 14.9 Å². The number of aromatic nitrogens is 2. The van der Waals surface area contributed by atoms with E-state index in [1.165, 1.54) is 5.56 Å². The maximum atomic E-state index is 5.54. The fourth-order valence-corrected chi connectivity index (χ4v) is 3.00.